The Morgan fingerprint density at radius 3 is 2.42 bits per heavy atom. The van der Waals surface area contributed by atoms with Crippen LogP contribution >= 0.6 is 11.6 Å². The Morgan fingerprint density at radius 1 is 1.10 bits per heavy atom. The molecule has 0 aromatic heterocycles. The van der Waals surface area contributed by atoms with Gasteiger partial charge in [0.2, 0.25) is 5.91 Å². The van der Waals surface area contributed by atoms with E-state index in [-0.39, 0.29) is 24.5 Å². The second kappa shape index (κ2) is 11.8. The first-order chi connectivity index (χ1) is 15.1. The average Bonchev–Trinajstić information content (AvgIpc) is 3.29. The number of amides is 2. The van der Waals surface area contributed by atoms with Crippen LogP contribution in [-0.4, -0.2) is 41.9 Å². The first-order valence-corrected chi connectivity index (χ1v) is 11.5. The zero-order valence-corrected chi connectivity index (χ0v) is 18.8. The predicted octanol–water partition coefficient (Wildman–Crippen LogP) is 4.63. The minimum Gasteiger partial charge on any atom is -0.484 e. The minimum atomic E-state index is -0.509. The smallest absolute Gasteiger partial charge is 0.261 e. The standard InChI is InChI=1S/C25H31ClN2O3/c1-2-23(25(30)27-21-10-6-7-11-21)28(17-16-19-8-4-3-5-9-19)24(29)18-31-22-14-12-20(26)13-15-22/h3-5,8-9,12-15,21,23H,2,6-7,10-11,16-18H2,1H3,(H,27,30). The molecule has 0 saturated heterocycles. The first kappa shape index (κ1) is 23.1. The molecule has 2 aromatic carbocycles. The summed E-state index contributed by atoms with van der Waals surface area (Å²) in [5.41, 5.74) is 1.13. The highest BCUT2D eigenvalue weighted by Gasteiger charge is 2.30. The minimum absolute atomic E-state index is 0.0673. The summed E-state index contributed by atoms with van der Waals surface area (Å²) in [7, 11) is 0. The highest BCUT2D eigenvalue weighted by atomic mass is 35.5. The molecule has 166 valence electrons. The molecule has 0 heterocycles. The Bertz CT molecular complexity index is 836. The van der Waals surface area contributed by atoms with Gasteiger partial charge in [-0.2, -0.15) is 0 Å². The lowest BCUT2D eigenvalue weighted by atomic mass is 10.1. The number of benzene rings is 2. The third kappa shape index (κ3) is 7.00. The van der Waals surface area contributed by atoms with E-state index in [0.717, 1.165) is 31.2 Å². The summed E-state index contributed by atoms with van der Waals surface area (Å²) in [6, 6.07) is 16.6. The van der Waals surface area contributed by atoms with Gasteiger partial charge in [0.1, 0.15) is 11.8 Å². The molecule has 0 aliphatic heterocycles. The van der Waals surface area contributed by atoms with Crippen LogP contribution in [0.3, 0.4) is 0 Å². The van der Waals surface area contributed by atoms with Gasteiger partial charge in [0, 0.05) is 17.6 Å². The maximum atomic E-state index is 13.1. The zero-order chi connectivity index (χ0) is 22.1. The van der Waals surface area contributed by atoms with Gasteiger partial charge in [-0.15, -0.1) is 0 Å². The lowest BCUT2D eigenvalue weighted by molar-refractivity contribution is -0.142. The molecule has 2 amide bonds. The van der Waals surface area contributed by atoms with Gasteiger partial charge >= 0.3 is 0 Å². The molecule has 5 nitrogen and oxygen atoms in total. The summed E-state index contributed by atoms with van der Waals surface area (Å²) in [5.74, 6) is 0.311. The average molecular weight is 443 g/mol. The Hall–Kier alpha value is -2.53. The van der Waals surface area contributed by atoms with Gasteiger partial charge in [-0.3, -0.25) is 9.59 Å². The van der Waals surface area contributed by atoms with Crippen molar-refractivity contribution in [2.45, 2.75) is 57.5 Å². The molecule has 3 rings (SSSR count). The second-order valence-corrected chi connectivity index (χ2v) is 8.42. The van der Waals surface area contributed by atoms with E-state index in [4.69, 9.17) is 16.3 Å². The number of nitrogens with zero attached hydrogens (tertiary/aromatic N) is 1. The quantitative estimate of drug-likeness (QED) is 0.583. The van der Waals surface area contributed by atoms with Crippen LogP contribution in [0.25, 0.3) is 0 Å². The first-order valence-electron chi connectivity index (χ1n) is 11.1. The van der Waals surface area contributed by atoms with E-state index in [1.54, 1.807) is 29.2 Å². The van der Waals surface area contributed by atoms with E-state index in [0.29, 0.717) is 30.2 Å². The lowest BCUT2D eigenvalue weighted by Crippen LogP contribution is -2.52. The van der Waals surface area contributed by atoms with Crippen LogP contribution in [0.4, 0.5) is 0 Å². The fourth-order valence-corrected chi connectivity index (χ4v) is 4.15. The Kier molecular flexibility index (Phi) is 8.77. The lowest BCUT2D eigenvalue weighted by Gasteiger charge is -2.31. The van der Waals surface area contributed by atoms with Gasteiger partial charge in [-0.05, 0) is 55.5 Å². The van der Waals surface area contributed by atoms with E-state index < -0.39 is 6.04 Å². The van der Waals surface area contributed by atoms with Gasteiger partial charge in [0.25, 0.3) is 5.91 Å². The van der Waals surface area contributed by atoms with Crippen LogP contribution in [-0.2, 0) is 16.0 Å². The van der Waals surface area contributed by atoms with E-state index in [9.17, 15) is 9.59 Å². The monoisotopic (exact) mass is 442 g/mol. The van der Waals surface area contributed by atoms with Gasteiger partial charge in [-0.1, -0.05) is 61.7 Å². The molecule has 0 radical (unpaired) electrons. The molecule has 2 aromatic rings. The molecule has 1 unspecified atom stereocenters. The number of ether oxygens (including phenoxy) is 1. The molecule has 1 fully saturated rings. The molecule has 1 aliphatic carbocycles. The van der Waals surface area contributed by atoms with Crippen LogP contribution in [0, 0.1) is 0 Å². The molecule has 0 bridgehead atoms. The summed E-state index contributed by atoms with van der Waals surface area (Å²) in [5, 5.41) is 3.76. The van der Waals surface area contributed by atoms with Crippen LogP contribution in [0.1, 0.15) is 44.6 Å². The number of rotatable bonds is 10. The fraction of sp³-hybridized carbons (Fsp3) is 0.440. The van der Waals surface area contributed by atoms with Crippen molar-refractivity contribution >= 4 is 23.4 Å². The second-order valence-electron chi connectivity index (χ2n) is 7.98. The summed E-state index contributed by atoms with van der Waals surface area (Å²) in [6.45, 7) is 2.29. The van der Waals surface area contributed by atoms with Crippen LogP contribution in [0.5, 0.6) is 5.75 Å². The Balaban J connectivity index is 1.68. The number of hydrogen-bond donors (Lipinski definition) is 1. The topological polar surface area (TPSA) is 58.6 Å². The maximum absolute atomic E-state index is 13.1. The Morgan fingerprint density at radius 2 is 1.77 bits per heavy atom. The van der Waals surface area contributed by atoms with Gasteiger partial charge in [0.05, 0.1) is 0 Å². The number of nitrogens with one attached hydrogen (secondary N) is 1. The van der Waals surface area contributed by atoms with Crippen LogP contribution in [0.15, 0.2) is 54.6 Å². The largest absolute Gasteiger partial charge is 0.484 e. The highest BCUT2D eigenvalue weighted by Crippen LogP contribution is 2.19. The SMILES string of the molecule is CCC(C(=O)NC1CCCC1)N(CCc1ccccc1)C(=O)COc1ccc(Cl)cc1. The van der Waals surface area contributed by atoms with E-state index in [1.807, 2.05) is 37.3 Å². The van der Waals surface area contributed by atoms with Crippen molar-refractivity contribution in [1.82, 2.24) is 10.2 Å². The van der Waals surface area contributed by atoms with Crippen molar-refractivity contribution in [3.63, 3.8) is 0 Å². The number of carbonyl (C=O) groups excluding carboxylic acids is 2. The molecular formula is C25H31ClN2O3. The molecule has 1 aliphatic rings. The summed E-state index contributed by atoms with van der Waals surface area (Å²) < 4.78 is 5.68. The van der Waals surface area contributed by atoms with Crippen LogP contribution in [0.2, 0.25) is 5.02 Å². The van der Waals surface area contributed by atoms with E-state index >= 15 is 0 Å². The number of halogens is 1. The zero-order valence-electron chi connectivity index (χ0n) is 18.1. The normalized spacial score (nSPS) is 14.8. The molecule has 1 N–H and O–H groups in total. The van der Waals surface area contributed by atoms with Crippen molar-refractivity contribution in [2.24, 2.45) is 0 Å². The third-order valence-corrected chi connectivity index (χ3v) is 6.00. The molecule has 1 saturated carbocycles. The molecule has 0 spiro atoms. The molecular weight excluding hydrogens is 412 g/mol. The maximum Gasteiger partial charge on any atom is 0.261 e. The highest BCUT2D eigenvalue weighted by molar-refractivity contribution is 6.30. The van der Waals surface area contributed by atoms with Gasteiger partial charge < -0.3 is 15.0 Å². The summed E-state index contributed by atoms with van der Waals surface area (Å²) in [6.07, 6.45) is 5.56. The third-order valence-electron chi connectivity index (χ3n) is 5.75. The summed E-state index contributed by atoms with van der Waals surface area (Å²) in [4.78, 5) is 27.9. The van der Waals surface area contributed by atoms with Crippen molar-refractivity contribution in [2.75, 3.05) is 13.2 Å². The van der Waals surface area contributed by atoms with Gasteiger partial charge in [-0.25, -0.2) is 0 Å². The molecule has 6 heteroatoms. The van der Waals surface area contributed by atoms with Gasteiger partial charge in [0.15, 0.2) is 6.61 Å². The number of carbonyl (C=O) groups is 2. The Labute approximate surface area is 189 Å². The summed E-state index contributed by atoms with van der Waals surface area (Å²) >= 11 is 5.91. The van der Waals surface area contributed by atoms with E-state index in [2.05, 4.69) is 5.32 Å². The van der Waals surface area contributed by atoms with Crippen molar-refractivity contribution in [3.8, 4) is 5.75 Å². The van der Waals surface area contributed by atoms with E-state index in [1.165, 1.54) is 0 Å². The number of hydrogen-bond acceptors (Lipinski definition) is 3. The fourth-order valence-electron chi connectivity index (χ4n) is 4.02. The van der Waals surface area contributed by atoms with Crippen molar-refractivity contribution in [3.05, 3.63) is 65.2 Å². The molecule has 1 atom stereocenters. The molecule has 31 heavy (non-hydrogen) atoms. The van der Waals surface area contributed by atoms with Crippen molar-refractivity contribution < 1.29 is 14.3 Å². The van der Waals surface area contributed by atoms with Crippen molar-refractivity contribution in [1.29, 1.82) is 0 Å². The predicted molar refractivity (Wildman–Crippen MR) is 123 cm³/mol. The van der Waals surface area contributed by atoms with Crippen LogP contribution < -0.4 is 10.1 Å².